The third-order valence-corrected chi connectivity index (χ3v) is 2.85. The van der Waals surface area contributed by atoms with Gasteiger partial charge >= 0.3 is 0 Å². The molecule has 0 aliphatic heterocycles. The van der Waals surface area contributed by atoms with Gasteiger partial charge in [-0.1, -0.05) is 0 Å². The first-order valence-electron chi connectivity index (χ1n) is 6.41. The van der Waals surface area contributed by atoms with Gasteiger partial charge in [0.1, 0.15) is 0 Å². The van der Waals surface area contributed by atoms with E-state index in [0.717, 1.165) is 12.1 Å². The minimum Gasteiger partial charge on any atom is -0.441 e. The van der Waals surface area contributed by atoms with E-state index in [4.69, 9.17) is 9.15 Å². The van der Waals surface area contributed by atoms with Gasteiger partial charge in [-0.3, -0.25) is 0 Å². The SMILES string of the molecule is COCCNCCc1ncc(-c2ccc(F)c(F)c2F)o1. The summed E-state index contributed by atoms with van der Waals surface area (Å²) in [6.45, 7) is 1.91. The zero-order valence-electron chi connectivity index (χ0n) is 11.5. The molecule has 0 fully saturated rings. The van der Waals surface area contributed by atoms with Crippen molar-refractivity contribution in [1.29, 1.82) is 0 Å². The second kappa shape index (κ2) is 7.24. The molecule has 0 spiro atoms. The summed E-state index contributed by atoms with van der Waals surface area (Å²) in [7, 11) is 1.61. The fourth-order valence-electron chi connectivity index (χ4n) is 1.76. The highest BCUT2D eigenvalue weighted by Gasteiger charge is 2.17. The summed E-state index contributed by atoms with van der Waals surface area (Å²) in [6, 6.07) is 1.97. The number of methoxy groups -OCH3 is 1. The van der Waals surface area contributed by atoms with Crippen molar-refractivity contribution in [2.75, 3.05) is 26.8 Å². The monoisotopic (exact) mass is 300 g/mol. The van der Waals surface area contributed by atoms with Gasteiger partial charge in [0, 0.05) is 26.6 Å². The summed E-state index contributed by atoms with van der Waals surface area (Å²) in [4.78, 5) is 3.98. The lowest BCUT2D eigenvalue weighted by Crippen LogP contribution is -2.21. The smallest absolute Gasteiger partial charge is 0.196 e. The van der Waals surface area contributed by atoms with E-state index in [1.165, 1.54) is 6.20 Å². The second-order valence-electron chi connectivity index (χ2n) is 4.33. The maximum Gasteiger partial charge on any atom is 0.196 e. The first-order chi connectivity index (χ1) is 10.1. The first-order valence-corrected chi connectivity index (χ1v) is 6.41. The molecule has 0 radical (unpaired) electrons. The van der Waals surface area contributed by atoms with Gasteiger partial charge in [0.2, 0.25) is 0 Å². The number of hydrogen-bond acceptors (Lipinski definition) is 4. The number of rotatable bonds is 7. The summed E-state index contributed by atoms with van der Waals surface area (Å²) in [5.41, 5.74) is -0.153. The van der Waals surface area contributed by atoms with E-state index in [-0.39, 0.29) is 11.3 Å². The lowest BCUT2D eigenvalue weighted by molar-refractivity contribution is 0.199. The maximum atomic E-state index is 13.6. The number of benzene rings is 1. The topological polar surface area (TPSA) is 47.3 Å². The molecule has 0 amide bonds. The molecule has 0 bridgehead atoms. The van der Waals surface area contributed by atoms with Crippen LogP contribution in [0.4, 0.5) is 13.2 Å². The number of aromatic nitrogens is 1. The third-order valence-electron chi connectivity index (χ3n) is 2.85. The Morgan fingerprint density at radius 3 is 2.76 bits per heavy atom. The Hall–Kier alpha value is -1.86. The molecule has 4 nitrogen and oxygen atoms in total. The van der Waals surface area contributed by atoms with E-state index >= 15 is 0 Å². The fraction of sp³-hybridized carbons (Fsp3) is 0.357. The molecule has 2 aromatic rings. The summed E-state index contributed by atoms with van der Waals surface area (Å²) >= 11 is 0. The molecule has 0 saturated carbocycles. The van der Waals surface area contributed by atoms with E-state index in [1.807, 2.05) is 0 Å². The van der Waals surface area contributed by atoms with Crippen LogP contribution in [-0.2, 0) is 11.2 Å². The van der Waals surface area contributed by atoms with Crippen molar-refractivity contribution in [3.8, 4) is 11.3 Å². The molecule has 1 heterocycles. The number of oxazole rings is 1. The molecule has 0 aliphatic rings. The number of nitrogens with one attached hydrogen (secondary N) is 1. The first kappa shape index (κ1) is 15.5. The van der Waals surface area contributed by atoms with Gasteiger partial charge in [-0.05, 0) is 12.1 Å². The average molecular weight is 300 g/mol. The Balaban J connectivity index is 2.01. The van der Waals surface area contributed by atoms with Crippen LogP contribution in [-0.4, -0.2) is 31.8 Å². The molecule has 1 N–H and O–H groups in total. The Labute approximate surface area is 119 Å². The predicted octanol–water partition coefficient (Wildman–Crippen LogP) is 2.54. The molecule has 0 aliphatic carbocycles. The van der Waals surface area contributed by atoms with Gasteiger partial charge in [-0.2, -0.15) is 0 Å². The van der Waals surface area contributed by atoms with Crippen LogP contribution in [0.15, 0.2) is 22.7 Å². The van der Waals surface area contributed by atoms with Crippen molar-refractivity contribution < 1.29 is 22.3 Å². The molecule has 0 saturated heterocycles. The van der Waals surface area contributed by atoms with E-state index in [9.17, 15) is 13.2 Å². The Morgan fingerprint density at radius 2 is 2.00 bits per heavy atom. The molecular formula is C14H15F3N2O2. The maximum absolute atomic E-state index is 13.6. The molecule has 114 valence electrons. The summed E-state index contributed by atoms with van der Waals surface area (Å²) < 4.78 is 49.9. The number of hydrogen-bond donors (Lipinski definition) is 1. The highest BCUT2D eigenvalue weighted by atomic mass is 19.2. The van der Waals surface area contributed by atoms with Gasteiger partial charge in [-0.15, -0.1) is 0 Å². The molecular weight excluding hydrogens is 285 g/mol. The van der Waals surface area contributed by atoms with Crippen molar-refractivity contribution in [1.82, 2.24) is 10.3 Å². The van der Waals surface area contributed by atoms with Crippen LogP contribution >= 0.6 is 0 Å². The van der Waals surface area contributed by atoms with Crippen molar-refractivity contribution >= 4 is 0 Å². The van der Waals surface area contributed by atoms with E-state index in [2.05, 4.69) is 10.3 Å². The van der Waals surface area contributed by atoms with Gasteiger partial charge in [0.15, 0.2) is 29.1 Å². The Morgan fingerprint density at radius 1 is 1.19 bits per heavy atom. The molecule has 2 rings (SSSR count). The van der Waals surface area contributed by atoms with Gasteiger partial charge in [0.05, 0.1) is 18.4 Å². The quantitative estimate of drug-likeness (QED) is 0.630. The van der Waals surface area contributed by atoms with Crippen molar-refractivity contribution in [2.24, 2.45) is 0 Å². The van der Waals surface area contributed by atoms with Gasteiger partial charge in [0.25, 0.3) is 0 Å². The highest BCUT2D eigenvalue weighted by molar-refractivity contribution is 5.57. The van der Waals surface area contributed by atoms with Crippen LogP contribution in [0.3, 0.4) is 0 Å². The third kappa shape index (κ3) is 3.83. The fourth-order valence-corrected chi connectivity index (χ4v) is 1.76. The molecule has 0 atom stereocenters. The molecule has 1 aromatic carbocycles. The summed E-state index contributed by atoms with van der Waals surface area (Å²) in [6.07, 6.45) is 1.79. The summed E-state index contributed by atoms with van der Waals surface area (Å²) in [5, 5.41) is 3.10. The number of nitrogens with zero attached hydrogens (tertiary/aromatic N) is 1. The van der Waals surface area contributed by atoms with E-state index in [0.29, 0.717) is 32.0 Å². The molecule has 7 heteroatoms. The zero-order chi connectivity index (χ0) is 15.2. The van der Waals surface area contributed by atoms with Gasteiger partial charge < -0.3 is 14.5 Å². The predicted molar refractivity (Wildman–Crippen MR) is 70.3 cm³/mol. The minimum atomic E-state index is -1.52. The Kier molecular flexibility index (Phi) is 5.35. The van der Waals surface area contributed by atoms with Crippen LogP contribution < -0.4 is 5.32 Å². The average Bonchev–Trinajstić information content (AvgIpc) is 2.93. The lowest BCUT2D eigenvalue weighted by Gasteiger charge is -2.02. The minimum absolute atomic E-state index is 0.0679. The van der Waals surface area contributed by atoms with E-state index in [1.54, 1.807) is 7.11 Å². The van der Waals surface area contributed by atoms with Crippen LogP contribution in [0.1, 0.15) is 5.89 Å². The zero-order valence-corrected chi connectivity index (χ0v) is 11.5. The van der Waals surface area contributed by atoms with Crippen molar-refractivity contribution in [3.05, 3.63) is 41.7 Å². The van der Waals surface area contributed by atoms with Crippen LogP contribution in [0.5, 0.6) is 0 Å². The summed E-state index contributed by atoms with van der Waals surface area (Å²) in [5.74, 6) is -3.58. The normalized spacial score (nSPS) is 11.0. The van der Waals surface area contributed by atoms with Gasteiger partial charge in [-0.25, -0.2) is 18.2 Å². The molecule has 0 unspecified atom stereocenters. The molecule has 1 aromatic heterocycles. The second-order valence-corrected chi connectivity index (χ2v) is 4.33. The van der Waals surface area contributed by atoms with Crippen LogP contribution in [0.25, 0.3) is 11.3 Å². The molecule has 21 heavy (non-hydrogen) atoms. The largest absolute Gasteiger partial charge is 0.441 e. The number of halogens is 3. The standard InChI is InChI=1S/C14H15F3N2O2/c1-20-7-6-18-5-4-12-19-8-11(21-12)9-2-3-10(15)14(17)13(9)16/h2-3,8,18H,4-7H2,1H3. The van der Waals surface area contributed by atoms with Crippen molar-refractivity contribution in [2.45, 2.75) is 6.42 Å². The van der Waals surface area contributed by atoms with E-state index < -0.39 is 17.5 Å². The Bertz CT molecular complexity index is 602. The number of ether oxygens (including phenoxy) is 1. The van der Waals surface area contributed by atoms with Crippen LogP contribution in [0, 0.1) is 17.5 Å². The van der Waals surface area contributed by atoms with Crippen molar-refractivity contribution in [3.63, 3.8) is 0 Å². The van der Waals surface area contributed by atoms with Crippen LogP contribution in [0.2, 0.25) is 0 Å². The lowest BCUT2D eigenvalue weighted by atomic mass is 10.1. The highest BCUT2D eigenvalue weighted by Crippen LogP contribution is 2.26.